The second kappa shape index (κ2) is 4.05. The lowest BCUT2D eigenvalue weighted by molar-refractivity contribution is 0.242. The molecule has 0 amide bonds. The summed E-state index contributed by atoms with van der Waals surface area (Å²) in [6, 6.07) is 7.17. The third-order valence-electron chi connectivity index (χ3n) is 1.33. The molecule has 0 spiro atoms. The molecule has 0 fully saturated rings. The van der Waals surface area contributed by atoms with Crippen LogP contribution in [-0.4, -0.2) is 14.2 Å². The number of rotatable bonds is 3. The summed E-state index contributed by atoms with van der Waals surface area (Å²) in [5.41, 5.74) is 0. The number of hydrogen-bond acceptors (Lipinski definition) is 2. The fourth-order valence-corrected chi connectivity index (χ4v) is 0.869. The zero-order chi connectivity index (χ0) is 8.97. The summed E-state index contributed by atoms with van der Waals surface area (Å²) >= 11 is 0. The molecule has 3 heteroatoms. The van der Waals surface area contributed by atoms with Crippen LogP contribution in [0.2, 0.25) is 0 Å². The number of hydrogen-bond donors (Lipinski definition) is 0. The standard InChI is InChI=1S/C9H11BO2/c1-7(2)11-8-3-5-9(12-10)6-4-8/h3-7H,1-2H3. The first-order valence-corrected chi connectivity index (χ1v) is 3.86. The van der Waals surface area contributed by atoms with Crippen LogP contribution < -0.4 is 9.39 Å². The van der Waals surface area contributed by atoms with Crippen LogP contribution in [0.3, 0.4) is 0 Å². The second-order valence-electron chi connectivity index (χ2n) is 2.76. The smallest absolute Gasteiger partial charge is 0.374 e. The minimum atomic E-state index is 0.189. The minimum absolute atomic E-state index is 0.189. The number of ether oxygens (including phenoxy) is 1. The Bertz CT molecular complexity index is 231. The average molecular weight is 162 g/mol. The molecule has 1 aromatic carbocycles. The summed E-state index contributed by atoms with van der Waals surface area (Å²) in [6.45, 7) is 3.96. The van der Waals surface area contributed by atoms with Crippen LogP contribution in [0.5, 0.6) is 11.5 Å². The molecule has 0 aliphatic rings. The van der Waals surface area contributed by atoms with Gasteiger partial charge >= 0.3 is 8.05 Å². The van der Waals surface area contributed by atoms with Gasteiger partial charge in [-0.15, -0.1) is 0 Å². The second-order valence-corrected chi connectivity index (χ2v) is 2.76. The van der Waals surface area contributed by atoms with E-state index in [2.05, 4.69) is 4.65 Å². The Labute approximate surface area is 73.9 Å². The molecule has 2 nitrogen and oxygen atoms in total. The lowest BCUT2D eigenvalue weighted by atomic mass is 10.3. The molecule has 0 atom stereocenters. The van der Waals surface area contributed by atoms with E-state index in [9.17, 15) is 0 Å². The molecule has 12 heavy (non-hydrogen) atoms. The molecular weight excluding hydrogens is 151 g/mol. The van der Waals surface area contributed by atoms with Gasteiger partial charge in [-0.3, -0.25) is 0 Å². The quantitative estimate of drug-likeness (QED) is 0.632. The minimum Gasteiger partial charge on any atom is -0.568 e. The predicted molar refractivity (Wildman–Crippen MR) is 48.6 cm³/mol. The summed E-state index contributed by atoms with van der Waals surface area (Å²) in [7, 11) is 4.96. The molecule has 0 aliphatic carbocycles. The maximum absolute atomic E-state index is 5.42. The van der Waals surface area contributed by atoms with Crippen LogP contribution in [0.4, 0.5) is 0 Å². The fourth-order valence-electron chi connectivity index (χ4n) is 0.869. The maximum atomic E-state index is 5.42. The van der Waals surface area contributed by atoms with Crippen molar-refractivity contribution in [3.8, 4) is 11.5 Å². The zero-order valence-electron chi connectivity index (χ0n) is 7.28. The van der Waals surface area contributed by atoms with Gasteiger partial charge < -0.3 is 9.39 Å². The van der Waals surface area contributed by atoms with Gasteiger partial charge in [0.15, 0.2) is 0 Å². The molecule has 0 saturated heterocycles. The molecule has 0 N–H and O–H groups in total. The van der Waals surface area contributed by atoms with Crippen LogP contribution in [0.15, 0.2) is 24.3 Å². The van der Waals surface area contributed by atoms with Crippen molar-refractivity contribution >= 4 is 8.05 Å². The van der Waals surface area contributed by atoms with Crippen molar-refractivity contribution in [2.75, 3.05) is 0 Å². The van der Waals surface area contributed by atoms with E-state index >= 15 is 0 Å². The Hall–Kier alpha value is -1.12. The molecule has 0 aromatic heterocycles. The number of benzene rings is 1. The monoisotopic (exact) mass is 162 g/mol. The van der Waals surface area contributed by atoms with Crippen LogP contribution in [0.1, 0.15) is 13.8 Å². The highest BCUT2D eigenvalue weighted by atomic mass is 16.5. The molecular formula is C9H11BO2. The Morgan fingerprint density at radius 1 is 1.08 bits per heavy atom. The largest absolute Gasteiger partial charge is 0.568 e. The first-order valence-electron chi connectivity index (χ1n) is 3.86. The Kier molecular flexibility index (Phi) is 3.03. The van der Waals surface area contributed by atoms with Gasteiger partial charge in [-0.2, -0.15) is 0 Å². The first-order chi connectivity index (χ1) is 5.72. The highest BCUT2D eigenvalue weighted by Gasteiger charge is 1.96. The van der Waals surface area contributed by atoms with Gasteiger partial charge in [0, 0.05) is 0 Å². The molecule has 0 saturated carbocycles. The van der Waals surface area contributed by atoms with Crippen molar-refractivity contribution in [1.82, 2.24) is 0 Å². The van der Waals surface area contributed by atoms with E-state index in [0.717, 1.165) is 5.75 Å². The molecule has 62 valence electrons. The molecule has 0 aliphatic heterocycles. The van der Waals surface area contributed by atoms with E-state index in [4.69, 9.17) is 12.8 Å². The van der Waals surface area contributed by atoms with Crippen molar-refractivity contribution in [2.45, 2.75) is 20.0 Å². The van der Waals surface area contributed by atoms with E-state index < -0.39 is 0 Å². The Balaban J connectivity index is 2.65. The van der Waals surface area contributed by atoms with E-state index in [-0.39, 0.29) is 6.10 Å². The van der Waals surface area contributed by atoms with Gasteiger partial charge in [0.05, 0.1) is 11.9 Å². The topological polar surface area (TPSA) is 18.5 Å². The van der Waals surface area contributed by atoms with E-state index in [1.54, 1.807) is 12.1 Å². The summed E-state index contributed by atoms with van der Waals surface area (Å²) in [5, 5.41) is 0. The Morgan fingerprint density at radius 2 is 1.58 bits per heavy atom. The van der Waals surface area contributed by atoms with Crippen molar-refractivity contribution in [1.29, 1.82) is 0 Å². The van der Waals surface area contributed by atoms with E-state index in [0.29, 0.717) is 5.75 Å². The van der Waals surface area contributed by atoms with Crippen molar-refractivity contribution in [3.63, 3.8) is 0 Å². The van der Waals surface area contributed by atoms with Crippen molar-refractivity contribution < 1.29 is 9.39 Å². The first kappa shape index (κ1) is 8.98. The van der Waals surface area contributed by atoms with Gasteiger partial charge in [-0.25, -0.2) is 0 Å². The highest BCUT2D eigenvalue weighted by molar-refractivity contribution is 5.99. The molecule has 0 heterocycles. The Morgan fingerprint density at radius 3 is 2.00 bits per heavy atom. The van der Waals surface area contributed by atoms with E-state index in [1.807, 2.05) is 26.0 Å². The van der Waals surface area contributed by atoms with Crippen LogP contribution in [0.25, 0.3) is 0 Å². The lowest BCUT2D eigenvalue weighted by Gasteiger charge is -2.09. The van der Waals surface area contributed by atoms with Gasteiger partial charge in [0.25, 0.3) is 0 Å². The average Bonchev–Trinajstić information content (AvgIpc) is 2.05. The predicted octanol–water partition coefficient (Wildman–Crippen LogP) is 1.94. The van der Waals surface area contributed by atoms with Gasteiger partial charge in [0.2, 0.25) is 0 Å². The van der Waals surface area contributed by atoms with Gasteiger partial charge in [-0.1, -0.05) is 0 Å². The summed E-state index contributed by atoms with van der Waals surface area (Å²) < 4.78 is 9.94. The van der Waals surface area contributed by atoms with Crippen LogP contribution in [0, 0.1) is 0 Å². The molecule has 2 radical (unpaired) electrons. The molecule has 1 rings (SSSR count). The maximum Gasteiger partial charge on any atom is 0.374 e. The fraction of sp³-hybridized carbons (Fsp3) is 0.333. The van der Waals surface area contributed by atoms with Crippen LogP contribution in [-0.2, 0) is 0 Å². The van der Waals surface area contributed by atoms with Gasteiger partial charge in [-0.05, 0) is 38.1 Å². The molecule has 1 aromatic rings. The normalized spacial score (nSPS) is 9.92. The molecule has 0 bridgehead atoms. The third kappa shape index (κ3) is 2.49. The summed E-state index contributed by atoms with van der Waals surface area (Å²) in [6.07, 6.45) is 0.189. The van der Waals surface area contributed by atoms with Crippen LogP contribution >= 0.6 is 0 Å². The van der Waals surface area contributed by atoms with Crippen molar-refractivity contribution in [2.24, 2.45) is 0 Å². The van der Waals surface area contributed by atoms with E-state index in [1.165, 1.54) is 0 Å². The SMILES string of the molecule is [B]Oc1ccc(OC(C)C)cc1. The summed E-state index contributed by atoms with van der Waals surface area (Å²) in [4.78, 5) is 0. The lowest BCUT2D eigenvalue weighted by Crippen LogP contribution is -2.05. The van der Waals surface area contributed by atoms with Gasteiger partial charge in [0.1, 0.15) is 5.75 Å². The van der Waals surface area contributed by atoms with Crippen molar-refractivity contribution in [3.05, 3.63) is 24.3 Å². The third-order valence-corrected chi connectivity index (χ3v) is 1.33. The summed E-state index contributed by atoms with van der Waals surface area (Å²) in [5.74, 6) is 1.46. The molecule has 0 unspecified atom stereocenters. The highest BCUT2D eigenvalue weighted by Crippen LogP contribution is 2.17. The zero-order valence-corrected chi connectivity index (χ0v) is 7.28.